The van der Waals surface area contributed by atoms with Crippen molar-refractivity contribution in [3.63, 3.8) is 0 Å². The van der Waals surface area contributed by atoms with Gasteiger partial charge in [-0.05, 0) is 58.6 Å². The number of aromatic nitrogens is 1. The van der Waals surface area contributed by atoms with E-state index in [-0.39, 0.29) is 0 Å². The molecule has 0 aliphatic heterocycles. The van der Waals surface area contributed by atoms with Gasteiger partial charge in [-0.2, -0.15) is 0 Å². The average molecular weight is 335 g/mol. The third-order valence-electron chi connectivity index (χ3n) is 2.96. The van der Waals surface area contributed by atoms with Crippen molar-refractivity contribution in [2.75, 3.05) is 0 Å². The Labute approximate surface area is 128 Å². The normalized spacial score (nSPS) is 10.6. The first-order valence-electron chi connectivity index (χ1n) is 6.76. The van der Waals surface area contributed by atoms with Gasteiger partial charge in [0, 0.05) is 18.3 Å². The number of halogens is 1. The van der Waals surface area contributed by atoms with Gasteiger partial charge < -0.3 is 10.5 Å². The number of nitrogens with two attached hydrogens (primary N) is 1. The molecule has 0 aliphatic rings. The van der Waals surface area contributed by atoms with Crippen molar-refractivity contribution >= 4 is 15.9 Å². The molecule has 0 radical (unpaired) electrons. The summed E-state index contributed by atoms with van der Waals surface area (Å²) in [6.45, 7) is 4.67. The molecule has 0 fully saturated rings. The van der Waals surface area contributed by atoms with Gasteiger partial charge in [0.2, 0.25) is 5.88 Å². The lowest BCUT2D eigenvalue weighted by Gasteiger charge is -2.10. The fourth-order valence-electron chi connectivity index (χ4n) is 1.98. The van der Waals surface area contributed by atoms with Gasteiger partial charge in [-0.3, -0.25) is 0 Å². The molecule has 1 aromatic heterocycles. The second-order valence-corrected chi connectivity index (χ2v) is 5.65. The molecule has 0 saturated carbocycles. The van der Waals surface area contributed by atoms with E-state index in [1.165, 1.54) is 5.56 Å². The van der Waals surface area contributed by atoms with Crippen LogP contribution in [-0.2, 0) is 13.0 Å². The summed E-state index contributed by atoms with van der Waals surface area (Å²) in [6.07, 6.45) is 1.98. The van der Waals surface area contributed by atoms with Crippen molar-refractivity contribution in [1.29, 1.82) is 0 Å². The minimum Gasteiger partial charge on any atom is -0.438 e. The largest absolute Gasteiger partial charge is 0.438 e. The van der Waals surface area contributed by atoms with Crippen LogP contribution in [0.15, 0.2) is 34.8 Å². The standard InChI is InChI=1S/C16H19BrN2O/c1-3-4-13-8-12(10-18)9-16(19-13)20-15-6-5-11(2)7-14(15)17/h5-9H,3-4,10,18H2,1-2H3. The van der Waals surface area contributed by atoms with Crippen molar-refractivity contribution in [2.45, 2.75) is 33.2 Å². The highest BCUT2D eigenvalue weighted by atomic mass is 79.9. The molecule has 0 aliphatic carbocycles. The van der Waals surface area contributed by atoms with Gasteiger partial charge in [0.05, 0.1) is 4.47 Å². The van der Waals surface area contributed by atoms with Crippen molar-refractivity contribution in [3.8, 4) is 11.6 Å². The lowest BCUT2D eigenvalue weighted by molar-refractivity contribution is 0.456. The van der Waals surface area contributed by atoms with Crippen molar-refractivity contribution < 1.29 is 4.74 Å². The van der Waals surface area contributed by atoms with Crippen LogP contribution in [0.25, 0.3) is 0 Å². The molecule has 0 amide bonds. The highest BCUT2D eigenvalue weighted by Crippen LogP contribution is 2.30. The molecule has 2 rings (SSSR count). The molecule has 2 aromatic rings. The molecule has 0 unspecified atom stereocenters. The van der Waals surface area contributed by atoms with Gasteiger partial charge in [0.15, 0.2) is 0 Å². The lowest BCUT2D eigenvalue weighted by atomic mass is 10.1. The number of nitrogens with zero attached hydrogens (tertiary/aromatic N) is 1. The first-order valence-corrected chi connectivity index (χ1v) is 7.55. The summed E-state index contributed by atoms with van der Waals surface area (Å²) >= 11 is 3.51. The van der Waals surface area contributed by atoms with Gasteiger partial charge in [0.25, 0.3) is 0 Å². The third-order valence-corrected chi connectivity index (χ3v) is 3.58. The Morgan fingerprint density at radius 3 is 2.70 bits per heavy atom. The van der Waals surface area contributed by atoms with E-state index in [9.17, 15) is 0 Å². The number of ether oxygens (including phenoxy) is 1. The van der Waals surface area contributed by atoms with E-state index in [1.807, 2.05) is 37.3 Å². The van der Waals surface area contributed by atoms with E-state index in [0.29, 0.717) is 12.4 Å². The molecule has 0 bridgehead atoms. The van der Waals surface area contributed by atoms with E-state index in [0.717, 1.165) is 34.3 Å². The number of pyridine rings is 1. The van der Waals surface area contributed by atoms with Crippen LogP contribution in [0.2, 0.25) is 0 Å². The number of rotatable bonds is 5. The van der Waals surface area contributed by atoms with Crippen LogP contribution in [0.5, 0.6) is 11.6 Å². The quantitative estimate of drug-likeness (QED) is 0.883. The van der Waals surface area contributed by atoms with Crippen LogP contribution in [0.3, 0.4) is 0 Å². The molecule has 0 atom stereocenters. The lowest BCUT2D eigenvalue weighted by Crippen LogP contribution is -2.01. The van der Waals surface area contributed by atoms with Crippen LogP contribution in [-0.4, -0.2) is 4.98 Å². The Hall–Kier alpha value is -1.39. The zero-order valence-corrected chi connectivity index (χ0v) is 13.4. The maximum absolute atomic E-state index is 5.88. The molecule has 0 spiro atoms. The maximum Gasteiger partial charge on any atom is 0.219 e. The molecule has 1 aromatic carbocycles. The highest BCUT2D eigenvalue weighted by molar-refractivity contribution is 9.10. The summed E-state index contributed by atoms with van der Waals surface area (Å²) in [5, 5.41) is 0. The minimum atomic E-state index is 0.491. The summed E-state index contributed by atoms with van der Waals surface area (Å²) in [6, 6.07) is 9.91. The van der Waals surface area contributed by atoms with Crippen LogP contribution >= 0.6 is 15.9 Å². The first-order chi connectivity index (χ1) is 9.62. The number of benzene rings is 1. The van der Waals surface area contributed by atoms with Crippen LogP contribution in [0, 0.1) is 6.92 Å². The molecule has 0 saturated heterocycles. The summed E-state index contributed by atoms with van der Waals surface area (Å²) in [7, 11) is 0. The van der Waals surface area contributed by atoms with Gasteiger partial charge >= 0.3 is 0 Å². The predicted octanol–water partition coefficient (Wildman–Crippen LogP) is 4.36. The fraction of sp³-hybridized carbons (Fsp3) is 0.312. The second kappa shape index (κ2) is 6.86. The SMILES string of the molecule is CCCc1cc(CN)cc(Oc2ccc(C)cc2Br)n1. The van der Waals surface area contributed by atoms with Gasteiger partial charge in [-0.15, -0.1) is 0 Å². The van der Waals surface area contributed by atoms with E-state index in [2.05, 4.69) is 27.8 Å². The summed E-state index contributed by atoms with van der Waals surface area (Å²) < 4.78 is 6.81. The summed E-state index contributed by atoms with van der Waals surface area (Å²) in [5.41, 5.74) is 8.98. The third kappa shape index (κ3) is 3.81. The molecule has 3 nitrogen and oxygen atoms in total. The minimum absolute atomic E-state index is 0.491. The fourth-order valence-corrected chi connectivity index (χ4v) is 2.55. The highest BCUT2D eigenvalue weighted by Gasteiger charge is 2.07. The van der Waals surface area contributed by atoms with Gasteiger partial charge in [-0.25, -0.2) is 4.98 Å². The van der Waals surface area contributed by atoms with Crippen molar-refractivity contribution in [2.24, 2.45) is 5.73 Å². The molecule has 20 heavy (non-hydrogen) atoms. The summed E-state index contributed by atoms with van der Waals surface area (Å²) in [4.78, 5) is 4.53. The van der Waals surface area contributed by atoms with E-state index in [1.54, 1.807) is 0 Å². The van der Waals surface area contributed by atoms with Crippen LogP contribution in [0.4, 0.5) is 0 Å². The number of hydrogen-bond donors (Lipinski definition) is 1. The van der Waals surface area contributed by atoms with Gasteiger partial charge in [0.1, 0.15) is 5.75 Å². The number of aryl methyl sites for hydroxylation is 2. The maximum atomic E-state index is 5.88. The van der Waals surface area contributed by atoms with Crippen LogP contribution in [0.1, 0.15) is 30.2 Å². The van der Waals surface area contributed by atoms with E-state index < -0.39 is 0 Å². The number of hydrogen-bond acceptors (Lipinski definition) is 3. The summed E-state index contributed by atoms with van der Waals surface area (Å²) in [5.74, 6) is 1.36. The second-order valence-electron chi connectivity index (χ2n) is 4.80. The molecule has 1 heterocycles. The predicted molar refractivity (Wildman–Crippen MR) is 85.1 cm³/mol. The first kappa shape index (κ1) is 15.0. The van der Waals surface area contributed by atoms with E-state index >= 15 is 0 Å². The van der Waals surface area contributed by atoms with Crippen molar-refractivity contribution in [1.82, 2.24) is 4.98 Å². The Kier molecular flexibility index (Phi) is 5.15. The monoisotopic (exact) mass is 334 g/mol. The zero-order valence-electron chi connectivity index (χ0n) is 11.8. The topological polar surface area (TPSA) is 48.1 Å². The van der Waals surface area contributed by atoms with Crippen molar-refractivity contribution in [3.05, 3.63) is 51.6 Å². The molecule has 2 N–H and O–H groups in total. The Balaban J connectivity index is 2.29. The molecule has 4 heteroatoms. The van der Waals surface area contributed by atoms with Gasteiger partial charge in [-0.1, -0.05) is 19.4 Å². The average Bonchev–Trinajstić information content (AvgIpc) is 2.42. The molecular weight excluding hydrogens is 316 g/mol. The molecule has 106 valence electrons. The Morgan fingerprint density at radius 2 is 2.05 bits per heavy atom. The Morgan fingerprint density at radius 1 is 1.25 bits per heavy atom. The smallest absolute Gasteiger partial charge is 0.219 e. The Bertz CT molecular complexity index is 599. The molecular formula is C16H19BrN2O. The van der Waals surface area contributed by atoms with Crippen LogP contribution < -0.4 is 10.5 Å². The zero-order chi connectivity index (χ0) is 14.5. The van der Waals surface area contributed by atoms with E-state index in [4.69, 9.17) is 10.5 Å².